The topological polar surface area (TPSA) is 52.6 Å². The summed E-state index contributed by atoms with van der Waals surface area (Å²) in [6.07, 6.45) is 7.19. The molecule has 0 N–H and O–H groups in total. The van der Waals surface area contributed by atoms with E-state index in [9.17, 15) is 9.59 Å². The monoisotopic (exact) mass is 360 g/mol. The van der Waals surface area contributed by atoms with E-state index >= 15 is 0 Å². The van der Waals surface area contributed by atoms with Crippen LogP contribution >= 0.6 is 0 Å². The molecule has 0 aromatic carbocycles. The lowest BCUT2D eigenvalue weighted by molar-refractivity contribution is -0.140. The van der Waals surface area contributed by atoms with Gasteiger partial charge in [0.15, 0.2) is 0 Å². The molecule has 6 atom stereocenters. The molecular formula is C22H32O4. The largest absolute Gasteiger partial charge is 0.462 e. The molecule has 0 aromatic heterocycles. The summed E-state index contributed by atoms with van der Waals surface area (Å²) in [7, 11) is 0. The Morgan fingerprint density at radius 2 is 1.42 bits per heavy atom. The SMILES string of the molecule is C=C(C)C(=O)OCCC1CC2CC1C1C(CCOC(=O)C(=C)C)CCC21. The first kappa shape index (κ1) is 19.2. The maximum atomic E-state index is 11.6. The van der Waals surface area contributed by atoms with E-state index in [1.54, 1.807) is 13.8 Å². The van der Waals surface area contributed by atoms with Gasteiger partial charge >= 0.3 is 11.9 Å². The van der Waals surface area contributed by atoms with E-state index in [1.807, 2.05) is 0 Å². The highest BCUT2D eigenvalue weighted by Gasteiger charge is 2.56. The van der Waals surface area contributed by atoms with Crippen molar-refractivity contribution in [1.82, 2.24) is 0 Å². The molecule has 2 bridgehead atoms. The van der Waals surface area contributed by atoms with E-state index in [0.29, 0.717) is 36.2 Å². The molecule has 3 aliphatic carbocycles. The number of carbonyl (C=O) groups is 2. The molecule has 3 rings (SSSR count). The second kappa shape index (κ2) is 7.98. The van der Waals surface area contributed by atoms with E-state index in [-0.39, 0.29) is 11.9 Å². The third-order valence-corrected chi connectivity index (χ3v) is 6.94. The van der Waals surface area contributed by atoms with Crippen LogP contribution in [0, 0.1) is 35.5 Å². The Morgan fingerprint density at radius 1 is 0.846 bits per heavy atom. The van der Waals surface area contributed by atoms with Crippen LogP contribution in [-0.2, 0) is 19.1 Å². The lowest BCUT2D eigenvalue weighted by Crippen LogP contribution is -2.30. The molecule has 3 saturated carbocycles. The normalized spacial score (nSPS) is 34.4. The Morgan fingerprint density at radius 3 is 2.00 bits per heavy atom. The van der Waals surface area contributed by atoms with Crippen LogP contribution < -0.4 is 0 Å². The van der Waals surface area contributed by atoms with Gasteiger partial charge in [0.1, 0.15) is 0 Å². The molecule has 4 heteroatoms. The molecule has 26 heavy (non-hydrogen) atoms. The summed E-state index contributed by atoms with van der Waals surface area (Å²) in [6, 6.07) is 0. The number of carbonyl (C=O) groups excluding carboxylic acids is 2. The Balaban J connectivity index is 1.48. The average Bonchev–Trinajstić information content (AvgIpc) is 3.26. The lowest BCUT2D eigenvalue weighted by atomic mass is 9.71. The first-order valence-electron chi connectivity index (χ1n) is 10.0. The van der Waals surface area contributed by atoms with Crippen LogP contribution in [0.5, 0.6) is 0 Å². The lowest BCUT2D eigenvalue weighted by Gasteiger charge is -2.34. The predicted molar refractivity (Wildman–Crippen MR) is 100 cm³/mol. The van der Waals surface area contributed by atoms with Gasteiger partial charge in [0.25, 0.3) is 0 Å². The molecule has 3 fully saturated rings. The molecule has 3 aliphatic rings. The summed E-state index contributed by atoms with van der Waals surface area (Å²) in [5.41, 5.74) is 0.941. The van der Waals surface area contributed by atoms with Crippen molar-refractivity contribution in [2.45, 2.75) is 52.4 Å². The van der Waals surface area contributed by atoms with Crippen molar-refractivity contribution >= 4 is 11.9 Å². The molecule has 4 nitrogen and oxygen atoms in total. The van der Waals surface area contributed by atoms with Crippen molar-refractivity contribution in [3.63, 3.8) is 0 Å². The fourth-order valence-electron chi connectivity index (χ4n) is 5.90. The maximum absolute atomic E-state index is 11.6. The number of hydrogen-bond acceptors (Lipinski definition) is 4. The molecule has 0 radical (unpaired) electrons. The Hall–Kier alpha value is -1.58. The number of rotatable bonds is 8. The molecule has 0 saturated heterocycles. The van der Waals surface area contributed by atoms with Crippen LogP contribution in [0.15, 0.2) is 24.3 Å². The van der Waals surface area contributed by atoms with Crippen LogP contribution in [0.2, 0.25) is 0 Å². The summed E-state index contributed by atoms with van der Waals surface area (Å²) in [5, 5.41) is 0. The number of hydrogen-bond donors (Lipinski definition) is 0. The molecule has 0 aliphatic heterocycles. The number of ether oxygens (including phenoxy) is 2. The molecule has 0 heterocycles. The van der Waals surface area contributed by atoms with Crippen molar-refractivity contribution < 1.29 is 19.1 Å². The van der Waals surface area contributed by atoms with Gasteiger partial charge in [0.2, 0.25) is 0 Å². The van der Waals surface area contributed by atoms with Crippen LogP contribution in [-0.4, -0.2) is 25.2 Å². The van der Waals surface area contributed by atoms with Crippen molar-refractivity contribution in [3.05, 3.63) is 24.3 Å². The van der Waals surface area contributed by atoms with E-state index in [2.05, 4.69) is 13.2 Å². The zero-order valence-corrected chi connectivity index (χ0v) is 16.2. The number of esters is 2. The zero-order valence-electron chi connectivity index (χ0n) is 16.2. The summed E-state index contributed by atoms with van der Waals surface area (Å²) in [6.45, 7) is 11.7. The van der Waals surface area contributed by atoms with Gasteiger partial charge in [-0.2, -0.15) is 0 Å². The van der Waals surface area contributed by atoms with Crippen LogP contribution in [0.1, 0.15) is 52.4 Å². The minimum absolute atomic E-state index is 0.273. The summed E-state index contributed by atoms with van der Waals surface area (Å²) >= 11 is 0. The van der Waals surface area contributed by atoms with E-state index in [1.165, 1.54) is 25.7 Å². The Bertz CT molecular complexity index is 593. The Kier molecular flexibility index (Phi) is 5.89. The fraction of sp³-hybridized carbons (Fsp3) is 0.727. The Labute approximate surface area is 157 Å². The smallest absolute Gasteiger partial charge is 0.333 e. The van der Waals surface area contributed by atoms with Gasteiger partial charge in [-0.3, -0.25) is 0 Å². The van der Waals surface area contributed by atoms with Crippen molar-refractivity contribution in [2.75, 3.05) is 13.2 Å². The minimum Gasteiger partial charge on any atom is -0.462 e. The average molecular weight is 360 g/mol. The number of fused-ring (bicyclic) bond motifs is 5. The van der Waals surface area contributed by atoms with Crippen molar-refractivity contribution in [1.29, 1.82) is 0 Å². The summed E-state index contributed by atoms with van der Waals surface area (Å²) in [5.74, 6) is 4.07. The van der Waals surface area contributed by atoms with Gasteiger partial charge in [-0.1, -0.05) is 13.2 Å². The minimum atomic E-state index is -0.274. The molecular weight excluding hydrogens is 328 g/mol. The van der Waals surface area contributed by atoms with Gasteiger partial charge in [0.05, 0.1) is 13.2 Å². The highest BCUT2D eigenvalue weighted by Crippen LogP contribution is 2.63. The van der Waals surface area contributed by atoms with Gasteiger partial charge in [-0.15, -0.1) is 0 Å². The standard InChI is InChI=1S/C22H32O4/c1-13(2)21(23)25-9-7-15-5-6-18-17-11-16(19(12-17)20(15)18)8-10-26-22(24)14(3)4/h15-20H,1,3,5-12H2,2,4H3. The maximum Gasteiger partial charge on any atom is 0.333 e. The van der Waals surface area contributed by atoms with Crippen LogP contribution in [0.4, 0.5) is 0 Å². The van der Waals surface area contributed by atoms with Crippen molar-refractivity contribution in [3.8, 4) is 0 Å². The molecule has 0 spiro atoms. The van der Waals surface area contributed by atoms with Gasteiger partial charge < -0.3 is 9.47 Å². The second-order valence-electron chi connectivity index (χ2n) is 8.64. The third kappa shape index (κ3) is 3.89. The van der Waals surface area contributed by atoms with E-state index in [4.69, 9.17) is 9.47 Å². The quantitative estimate of drug-likeness (QED) is 0.478. The zero-order chi connectivity index (χ0) is 18.8. The molecule has 144 valence electrons. The first-order chi connectivity index (χ1) is 12.4. The fourth-order valence-corrected chi connectivity index (χ4v) is 5.90. The highest BCUT2D eigenvalue weighted by atomic mass is 16.5. The van der Waals surface area contributed by atoms with E-state index < -0.39 is 0 Å². The van der Waals surface area contributed by atoms with Gasteiger partial charge in [-0.25, -0.2) is 9.59 Å². The molecule has 6 unspecified atom stereocenters. The summed E-state index contributed by atoms with van der Waals surface area (Å²) in [4.78, 5) is 23.1. The first-order valence-corrected chi connectivity index (χ1v) is 10.0. The summed E-state index contributed by atoms with van der Waals surface area (Å²) < 4.78 is 10.7. The van der Waals surface area contributed by atoms with Gasteiger partial charge in [-0.05, 0) is 87.9 Å². The molecule has 0 aromatic rings. The van der Waals surface area contributed by atoms with Gasteiger partial charge in [0, 0.05) is 11.1 Å². The highest BCUT2D eigenvalue weighted by molar-refractivity contribution is 5.87. The molecule has 0 amide bonds. The predicted octanol–water partition coefficient (Wildman–Crippen LogP) is 4.30. The van der Waals surface area contributed by atoms with Crippen molar-refractivity contribution in [2.24, 2.45) is 35.5 Å². The van der Waals surface area contributed by atoms with E-state index in [0.717, 1.165) is 36.5 Å². The van der Waals surface area contributed by atoms with Crippen LogP contribution in [0.25, 0.3) is 0 Å². The third-order valence-electron chi connectivity index (χ3n) is 6.94. The second-order valence-corrected chi connectivity index (χ2v) is 8.64. The van der Waals surface area contributed by atoms with Crippen LogP contribution in [0.3, 0.4) is 0 Å².